The quantitative estimate of drug-likeness (QED) is 0.885. The van der Waals surface area contributed by atoms with Crippen LogP contribution >= 0.6 is 23.2 Å². The van der Waals surface area contributed by atoms with E-state index in [0.29, 0.717) is 16.1 Å². The molecule has 0 radical (unpaired) electrons. The molecule has 2 rings (SSSR count). The van der Waals surface area contributed by atoms with Crippen molar-refractivity contribution in [3.63, 3.8) is 0 Å². The number of hydrogen-bond acceptors (Lipinski definition) is 2. The first-order chi connectivity index (χ1) is 7.25. The van der Waals surface area contributed by atoms with Crippen molar-refractivity contribution in [3.05, 3.63) is 33.8 Å². The van der Waals surface area contributed by atoms with E-state index in [1.165, 1.54) is 0 Å². The first kappa shape index (κ1) is 11.2. The average Bonchev–Trinajstić information content (AvgIpc) is 2.69. The molecule has 15 heavy (non-hydrogen) atoms. The van der Waals surface area contributed by atoms with Crippen LogP contribution in [-0.2, 0) is 11.3 Å². The minimum atomic E-state index is 0.455. The summed E-state index contributed by atoms with van der Waals surface area (Å²) in [6.45, 7) is 2.42. The lowest BCUT2D eigenvalue weighted by atomic mass is 10.2. The highest BCUT2D eigenvalue weighted by atomic mass is 35.5. The fourth-order valence-corrected chi connectivity index (χ4v) is 2.09. The summed E-state index contributed by atoms with van der Waals surface area (Å²) in [6, 6.07) is 6.03. The third-order valence-electron chi connectivity index (χ3n) is 2.53. The van der Waals surface area contributed by atoms with Gasteiger partial charge in [0.25, 0.3) is 0 Å². The fraction of sp³-hybridized carbons (Fsp3) is 0.455. The molecule has 0 aromatic heterocycles. The van der Waals surface area contributed by atoms with E-state index in [2.05, 4.69) is 5.32 Å². The summed E-state index contributed by atoms with van der Waals surface area (Å²) in [4.78, 5) is 0. The third kappa shape index (κ3) is 3.08. The third-order valence-corrected chi connectivity index (χ3v) is 3.11. The highest BCUT2D eigenvalue weighted by Gasteiger charge is 2.14. The Morgan fingerprint density at radius 2 is 2.27 bits per heavy atom. The Morgan fingerprint density at radius 3 is 2.93 bits per heavy atom. The topological polar surface area (TPSA) is 21.3 Å². The lowest BCUT2D eigenvalue weighted by molar-refractivity contribution is 0.190. The van der Waals surface area contributed by atoms with Gasteiger partial charge in [0.05, 0.1) is 6.61 Å². The molecule has 1 aromatic carbocycles. The van der Waals surface area contributed by atoms with Crippen LogP contribution in [0.3, 0.4) is 0 Å². The van der Waals surface area contributed by atoms with Crippen LogP contribution in [0.1, 0.15) is 12.0 Å². The van der Waals surface area contributed by atoms with E-state index in [1.807, 2.05) is 12.1 Å². The lowest BCUT2D eigenvalue weighted by Crippen LogP contribution is -2.28. The summed E-state index contributed by atoms with van der Waals surface area (Å²) < 4.78 is 5.28. The molecule has 1 fully saturated rings. The van der Waals surface area contributed by atoms with Crippen molar-refractivity contribution in [3.8, 4) is 0 Å². The van der Waals surface area contributed by atoms with Gasteiger partial charge in [0, 0.05) is 29.2 Å². The standard InChI is InChI=1S/C11H13Cl2NO/c12-9-2-1-8(11(13)5-9)6-14-10-3-4-15-7-10/h1-2,5,10,14H,3-4,6-7H2. The van der Waals surface area contributed by atoms with Crippen molar-refractivity contribution in [2.45, 2.75) is 19.0 Å². The zero-order chi connectivity index (χ0) is 10.7. The number of halogens is 2. The van der Waals surface area contributed by atoms with Gasteiger partial charge in [0.15, 0.2) is 0 Å². The first-order valence-electron chi connectivity index (χ1n) is 5.01. The second-order valence-corrected chi connectivity index (χ2v) is 4.52. The van der Waals surface area contributed by atoms with Crippen LogP contribution in [0.15, 0.2) is 18.2 Å². The predicted octanol–water partition coefficient (Wildman–Crippen LogP) is 2.87. The minimum Gasteiger partial charge on any atom is -0.380 e. The van der Waals surface area contributed by atoms with Crippen LogP contribution in [0, 0.1) is 0 Å². The number of hydrogen-bond donors (Lipinski definition) is 1. The Hall–Kier alpha value is -0.280. The normalized spacial score (nSPS) is 20.8. The predicted molar refractivity (Wildman–Crippen MR) is 62.5 cm³/mol. The van der Waals surface area contributed by atoms with Crippen LogP contribution in [0.5, 0.6) is 0 Å². The summed E-state index contributed by atoms with van der Waals surface area (Å²) in [5, 5.41) is 4.80. The molecule has 1 atom stereocenters. The summed E-state index contributed by atoms with van der Waals surface area (Å²) in [6.07, 6.45) is 1.07. The Bertz CT molecular complexity index is 337. The van der Waals surface area contributed by atoms with Gasteiger partial charge in [-0.15, -0.1) is 0 Å². The highest BCUT2D eigenvalue weighted by Crippen LogP contribution is 2.21. The van der Waals surface area contributed by atoms with Gasteiger partial charge in [-0.2, -0.15) is 0 Å². The SMILES string of the molecule is Clc1ccc(CNC2CCOC2)c(Cl)c1. The molecular formula is C11H13Cl2NO. The van der Waals surface area contributed by atoms with Crippen molar-refractivity contribution >= 4 is 23.2 Å². The van der Waals surface area contributed by atoms with Gasteiger partial charge >= 0.3 is 0 Å². The molecule has 1 saturated heterocycles. The van der Waals surface area contributed by atoms with Crippen molar-refractivity contribution in [1.82, 2.24) is 5.32 Å². The molecule has 2 nitrogen and oxygen atoms in total. The van der Waals surface area contributed by atoms with E-state index < -0.39 is 0 Å². The van der Waals surface area contributed by atoms with Crippen LogP contribution in [0.2, 0.25) is 10.0 Å². The van der Waals surface area contributed by atoms with Crippen LogP contribution in [-0.4, -0.2) is 19.3 Å². The maximum absolute atomic E-state index is 6.06. The Labute approximate surface area is 99.5 Å². The molecule has 1 aromatic rings. The molecule has 1 heterocycles. The van der Waals surface area contributed by atoms with E-state index in [9.17, 15) is 0 Å². The monoisotopic (exact) mass is 245 g/mol. The zero-order valence-corrected chi connectivity index (χ0v) is 9.81. The molecule has 0 amide bonds. The number of rotatable bonds is 3. The van der Waals surface area contributed by atoms with Crippen LogP contribution in [0.25, 0.3) is 0 Å². The van der Waals surface area contributed by atoms with Gasteiger partial charge in [-0.05, 0) is 24.1 Å². The highest BCUT2D eigenvalue weighted by molar-refractivity contribution is 6.35. The first-order valence-corrected chi connectivity index (χ1v) is 5.76. The van der Waals surface area contributed by atoms with Crippen LogP contribution < -0.4 is 5.32 Å². The van der Waals surface area contributed by atoms with Crippen molar-refractivity contribution in [2.75, 3.05) is 13.2 Å². The van der Waals surface area contributed by atoms with E-state index in [0.717, 1.165) is 31.7 Å². The second kappa shape index (κ2) is 5.17. The van der Waals surface area contributed by atoms with Crippen molar-refractivity contribution in [1.29, 1.82) is 0 Å². The molecule has 1 unspecified atom stereocenters. The molecule has 0 spiro atoms. The van der Waals surface area contributed by atoms with Gasteiger partial charge in [-0.3, -0.25) is 0 Å². The van der Waals surface area contributed by atoms with Crippen LogP contribution in [0.4, 0.5) is 0 Å². The Balaban J connectivity index is 1.92. The van der Waals surface area contributed by atoms with Gasteiger partial charge in [0.1, 0.15) is 0 Å². The molecular weight excluding hydrogens is 233 g/mol. The smallest absolute Gasteiger partial charge is 0.0620 e. The van der Waals surface area contributed by atoms with Gasteiger partial charge in [-0.1, -0.05) is 29.3 Å². The lowest BCUT2D eigenvalue weighted by Gasteiger charge is -2.11. The molecule has 0 aliphatic carbocycles. The fourth-order valence-electron chi connectivity index (χ4n) is 1.61. The van der Waals surface area contributed by atoms with E-state index in [1.54, 1.807) is 6.07 Å². The van der Waals surface area contributed by atoms with Crippen molar-refractivity contribution < 1.29 is 4.74 Å². The molecule has 0 saturated carbocycles. The Kier molecular flexibility index (Phi) is 3.87. The largest absolute Gasteiger partial charge is 0.380 e. The van der Waals surface area contributed by atoms with E-state index >= 15 is 0 Å². The summed E-state index contributed by atoms with van der Waals surface area (Å²) in [5.74, 6) is 0. The summed E-state index contributed by atoms with van der Waals surface area (Å²) >= 11 is 11.9. The molecule has 1 aliphatic heterocycles. The molecule has 1 N–H and O–H groups in total. The number of nitrogens with one attached hydrogen (secondary N) is 1. The maximum atomic E-state index is 6.06. The summed E-state index contributed by atoms with van der Waals surface area (Å²) in [7, 11) is 0. The van der Waals surface area contributed by atoms with Gasteiger partial charge < -0.3 is 10.1 Å². The van der Waals surface area contributed by atoms with Gasteiger partial charge in [-0.25, -0.2) is 0 Å². The Morgan fingerprint density at radius 1 is 1.40 bits per heavy atom. The van der Waals surface area contributed by atoms with E-state index in [4.69, 9.17) is 27.9 Å². The molecule has 4 heteroatoms. The second-order valence-electron chi connectivity index (χ2n) is 3.68. The maximum Gasteiger partial charge on any atom is 0.0620 e. The molecule has 82 valence electrons. The van der Waals surface area contributed by atoms with E-state index in [-0.39, 0.29) is 0 Å². The van der Waals surface area contributed by atoms with Crippen molar-refractivity contribution in [2.24, 2.45) is 0 Å². The summed E-state index contributed by atoms with van der Waals surface area (Å²) in [5.41, 5.74) is 1.08. The zero-order valence-electron chi connectivity index (χ0n) is 8.30. The average molecular weight is 246 g/mol. The van der Waals surface area contributed by atoms with Gasteiger partial charge in [0.2, 0.25) is 0 Å². The molecule has 0 bridgehead atoms. The minimum absolute atomic E-state index is 0.455. The number of benzene rings is 1. The number of ether oxygens (including phenoxy) is 1. The molecule has 1 aliphatic rings.